The number of carbonyl (C=O) groups is 2. The Bertz CT molecular complexity index is 1500. The molecule has 2 heterocycles. The van der Waals surface area contributed by atoms with Crippen LogP contribution in [0.2, 0.25) is 0 Å². The molecular weight excluding hydrogens is 508 g/mol. The molecule has 3 aromatic rings. The quantitative estimate of drug-likeness (QED) is 0.266. The van der Waals surface area contributed by atoms with Gasteiger partial charge in [-0.15, -0.1) is 0 Å². The van der Waals surface area contributed by atoms with Crippen LogP contribution in [0.4, 0.5) is 17.1 Å². The van der Waals surface area contributed by atoms with Crippen LogP contribution in [0.3, 0.4) is 0 Å². The van der Waals surface area contributed by atoms with Crippen molar-refractivity contribution >= 4 is 51.9 Å². The number of nitro groups is 1. The average molecular weight is 531 g/mol. The minimum atomic E-state index is -0.668. The van der Waals surface area contributed by atoms with Crippen molar-refractivity contribution in [2.45, 2.75) is 19.1 Å². The molecule has 1 unspecified atom stereocenters. The summed E-state index contributed by atoms with van der Waals surface area (Å²) < 4.78 is 10.8. The van der Waals surface area contributed by atoms with Crippen molar-refractivity contribution in [1.29, 1.82) is 0 Å². The zero-order valence-corrected chi connectivity index (χ0v) is 21.2. The summed E-state index contributed by atoms with van der Waals surface area (Å²) in [6.45, 7) is 3.77. The summed E-state index contributed by atoms with van der Waals surface area (Å²) >= 11 is 1.11. The first-order valence-corrected chi connectivity index (χ1v) is 12.5. The van der Waals surface area contributed by atoms with Crippen molar-refractivity contribution in [2.24, 2.45) is 4.99 Å². The molecule has 38 heavy (non-hydrogen) atoms. The van der Waals surface area contributed by atoms with Crippen LogP contribution in [0, 0.1) is 17.0 Å². The highest BCUT2D eigenvalue weighted by atomic mass is 32.2. The van der Waals surface area contributed by atoms with Gasteiger partial charge in [0, 0.05) is 17.8 Å². The molecule has 0 radical (unpaired) electrons. The molecule has 0 bridgehead atoms. The molecule has 0 fully saturated rings. The van der Waals surface area contributed by atoms with Gasteiger partial charge in [0.2, 0.25) is 12.7 Å². The number of anilines is 2. The van der Waals surface area contributed by atoms with Crippen LogP contribution in [0.15, 0.2) is 77.4 Å². The normalized spacial score (nSPS) is 15.9. The number of carbonyl (C=O) groups excluding carboxylic acids is 2. The zero-order valence-electron chi connectivity index (χ0n) is 20.4. The first-order chi connectivity index (χ1) is 18.3. The molecule has 10 nitrogen and oxygen atoms in total. The van der Waals surface area contributed by atoms with Crippen molar-refractivity contribution < 1.29 is 24.0 Å². The van der Waals surface area contributed by atoms with Crippen LogP contribution in [-0.2, 0) is 9.59 Å². The number of fused-ring (bicyclic) bond motifs is 1. The van der Waals surface area contributed by atoms with Gasteiger partial charge >= 0.3 is 0 Å². The van der Waals surface area contributed by atoms with Crippen LogP contribution < -0.4 is 19.7 Å². The highest BCUT2D eigenvalue weighted by molar-refractivity contribution is 8.15. The maximum Gasteiger partial charge on any atom is 0.283 e. The number of aryl methyl sites for hydroxylation is 1. The van der Waals surface area contributed by atoms with Crippen molar-refractivity contribution in [3.8, 4) is 11.5 Å². The third-order valence-electron chi connectivity index (χ3n) is 5.80. The van der Waals surface area contributed by atoms with Crippen molar-refractivity contribution in [3.63, 3.8) is 0 Å². The molecule has 0 saturated carbocycles. The van der Waals surface area contributed by atoms with Gasteiger partial charge in [-0.05, 0) is 55.8 Å². The summed E-state index contributed by atoms with van der Waals surface area (Å²) in [4.78, 5) is 43.0. The Morgan fingerprint density at radius 3 is 2.66 bits per heavy atom. The first-order valence-electron chi connectivity index (χ1n) is 11.6. The Kier molecular flexibility index (Phi) is 6.84. The highest BCUT2D eigenvalue weighted by Gasteiger charge is 2.34. The number of rotatable bonds is 6. The third kappa shape index (κ3) is 5.23. The zero-order chi connectivity index (χ0) is 26.8. The van der Waals surface area contributed by atoms with Crippen LogP contribution in [0.5, 0.6) is 11.5 Å². The molecule has 3 aromatic carbocycles. The molecular formula is C27H22N4O6S. The Morgan fingerprint density at radius 1 is 1.13 bits per heavy atom. The second-order valence-electron chi connectivity index (χ2n) is 8.57. The van der Waals surface area contributed by atoms with Gasteiger partial charge in [-0.3, -0.25) is 24.6 Å². The predicted octanol–water partition coefficient (Wildman–Crippen LogP) is 5.14. The Hall–Kier alpha value is -4.64. The fraction of sp³-hybridized carbons (Fsp3) is 0.148. The molecule has 2 amide bonds. The molecule has 0 spiro atoms. The van der Waals surface area contributed by atoms with Gasteiger partial charge in [0.05, 0.1) is 15.9 Å². The van der Waals surface area contributed by atoms with Gasteiger partial charge in [-0.1, -0.05) is 41.6 Å². The van der Waals surface area contributed by atoms with Crippen molar-refractivity contribution in [1.82, 2.24) is 0 Å². The van der Waals surface area contributed by atoms with Gasteiger partial charge in [0.25, 0.3) is 11.6 Å². The molecule has 1 atom stereocenters. The smallest absolute Gasteiger partial charge is 0.283 e. The SMILES string of the molecule is Cc1ccc(N2C(=O)/C(=C/c3ccc4c(c3)OCO4)N=C2SC(C)C(=O)Nc2cccc([N+](=O)[O-])c2)cc1. The summed E-state index contributed by atoms with van der Waals surface area (Å²) in [5.41, 5.74) is 2.75. The monoisotopic (exact) mass is 530 g/mol. The number of ether oxygens (including phenoxy) is 2. The summed E-state index contributed by atoms with van der Waals surface area (Å²) in [6, 6.07) is 18.5. The molecule has 2 aliphatic rings. The number of aliphatic imine (C=N–C) groups is 1. The molecule has 0 aliphatic carbocycles. The lowest BCUT2D eigenvalue weighted by Crippen LogP contribution is -2.33. The standard InChI is InChI=1S/C27H22N4O6S/c1-16-6-9-20(10-7-16)30-26(33)22(12-18-8-11-23-24(13-18)37-15-36-23)29-27(30)38-17(2)25(32)28-19-4-3-5-21(14-19)31(34)35/h3-14,17H,15H2,1-2H3,(H,28,32)/b22-12-. The van der Waals surface area contributed by atoms with Crippen molar-refractivity contribution in [2.75, 3.05) is 17.0 Å². The number of amides is 2. The topological polar surface area (TPSA) is 123 Å². The average Bonchev–Trinajstić information content (AvgIpc) is 3.48. The molecule has 0 saturated heterocycles. The molecule has 11 heteroatoms. The Morgan fingerprint density at radius 2 is 1.89 bits per heavy atom. The number of nitrogens with one attached hydrogen (secondary N) is 1. The summed E-state index contributed by atoms with van der Waals surface area (Å²) in [5, 5.41) is 13.4. The lowest BCUT2D eigenvalue weighted by molar-refractivity contribution is -0.384. The first kappa shape index (κ1) is 25.0. The molecule has 2 aliphatic heterocycles. The third-order valence-corrected chi connectivity index (χ3v) is 6.85. The minimum Gasteiger partial charge on any atom is -0.454 e. The number of thioether (sulfide) groups is 1. The second-order valence-corrected chi connectivity index (χ2v) is 9.88. The number of nitrogens with zero attached hydrogens (tertiary/aromatic N) is 3. The van der Waals surface area contributed by atoms with E-state index in [2.05, 4.69) is 10.3 Å². The van der Waals surface area contributed by atoms with E-state index < -0.39 is 10.2 Å². The van der Waals surface area contributed by atoms with E-state index in [0.717, 1.165) is 17.3 Å². The number of hydrogen-bond acceptors (Lipinski definition) is 8. The minimum absolute atomic E-state index is 0.127. The highest BCUT2D eigenvalue weighted by Crippen LogP contribution is 2.35. The van der Waals surface area contributed by atoms with E-state index in [9.17, 15) is 19.7 Å². The Labute approximate surface area is 222 Å². The van der Waals surface area contributed by atoms with Crippen LogP contribution in [0.1, 0.15) is 18.1 Å². The van der Waals surface area contributed by atoms with Gasteiger partial charge in [-0.25, -0.2) is 4.99 Å². The number of non-ortho nitro benzene ring substituents is 1. The van der Waals surface area contributed by atoms with Crippen molar-refractivity contribution in [3.05, 3.63) is 93.7 Å². The molecule has 5 rings (SSSR count). The van der Waals surface area contributed by atoms with E-state index in [0.29, 0.717) is 33.6 Å². The number of benzene rings is 3. The van der Waals surface area contributed by atoms with Gasteiger partial charge < -0.3 is 14.8 Å². The maximum absolute atomic E-state index is 13.5. The fourth-order valence-electron chi connectivity index (χ4n) is 3.81. The lowest BCUT2D eigenvalue weighted by Gasteiger charge is -2.20. The maximum atomic E-state index is 13.5. The van der Waals surface area contributed by atoms with Gasteiger partial charge in [0.15, 0.2) is 16.7 Å². The van der Waals surface area contributed by atoms with E-state index in [1.54, 1.807) is 37.3 Å². The number of amidine groups is 1. The second kappa shape index (κ2) is 10.4. The number of hydrogen-bond donors (Lipinski definition) is 1. The van der Waals surface area contributed by atoms with Gasteiger partial charge in [-0.2, -0.15) is 0 Å². The predicted molar refractivity (Wildman–Crippen MR) is 145 cm³/mol. The number of nitro benzene ring substituents is 1. The van der Waals surface area contributed by atoms with Crippen LogP contribution in [0.25, 0.3) is 6.08 Å². The van der Waals surface area contributed by atoms with E-state index in [1.165, 1.54) is 23.1 Å². The summed E-state index contributed by atoms with van der Waals surface area (Å²) in [7, 11) is 0. The van der Waals surface area contributed by atoms with E-state index in [1.807, 2.05) is 31.2 Å². The van der Waals surface area contributed by atoms with Crippen LogP contribution in [-0.4, -0.2) is 33.9 Å². The van der Waals surface area contributed by atoms with Gasteiger partial charge in [0.1, 0.15) is 5.70 Å². The fourth-order valence-corrected chi connectivity index (χ4v) is 4.74. The summed E-state index contributed by atoms with van der Waals surface area (Å²) in [6.07, 6.45) is 1.66. The van der Waals surface area contributed by atoms with E-state index in [4.69, 9.17) is 9.47 Å². The lowest BCUT2D eigenvalue weighted by atomic mass is 10.1. The van der Waals surface area contributed by atoms with Crippen LogP contribution >= 0.6 is 11.8 Å². The van der Waals surface area contributed by atoms with E-state index in [-0.39, 0.29) is 30.0 Å². The summed E-state index contributed by atoms with van der Waals surface area (Å²) in [5.74, 6) is 0.503. The Balaban J connectivity index is 1.41. The van der Waals surface area contributed by atoms with E-state index >= 15 is 0 Å². The largest absolute Gasteiger partial charge is 0.454 e. The molecule has 1 N–H and O–H groups in total. The molecule has 0 aromatic heterocycles. The molecule has 192 valence electrons.